The maximum Gasteiger partial charge on any atom is 0.481 e. The van der Waals surface area contributed by atoms with Crippen LogP contribution in [0.2, 0.25) is 0 Å². The number of hydrogen-bond acceptors (Lipinski definition) is 24. The Morgan fingerprint density at radius 1 is 0.673 bits per heavy atom. The van der Waals surface area contributed by atoms with Gasteiger partial charge in [-0.15, -0.1) is 0 Å². The minimum Gasteiger partial charge on any atom is -0.790 e. The average Bonchev–Trinajstić information content (AvgIpc) is 3.76. The monoisotopic (exact) mass is 807 g/mol. The molecule has 2 fully saturated rings. The standard InChI is InChI=1S/C20H27N10O16P3.3H3N/c21-15-9-17(25-3-23-15)29(5-27-9)19-13(33)11(31)7(43-19)1-41-49(40,46-48(38,39)45-47(35,36)37)42-2-8-12(32)14(34)20(44-8)30-6-28-10-16(22)24-4-26-18(10)30;;;/h3-8,11-14,19-20,31-34H,1-2H2,(H,38,39)(H2,21,23,25)(H2,22,24,26)(H2,35,36,37);3*1H3/t7-,8+,11-,12+,13-,14+,19-,20+,49?;;;. The van der Waals surface area contributed by atoms with Crippen molar-refractivity contribution < 1.29 is 75.9 Å². The second kappa shape index (κ2) is 16.0. The second-order valence-corrected chi connectivity index (χ2v) is 14.9. The van der Waals surface area contributed by atoms with Gasteiger partial charge in [0.15, 0.2) is 35.4 Å². The number of ether oxygens (including phenoxy) is 2. The number of nitrogen functional groups attached to an aromatic ring is 2. The van der Waals surface area contributed by atoms with Gasteiger partial charge in [0.05, 0.1) is 33.7 Å². The van der Waals surface area contributed by atoms with E-state index in [-0.39, 0.29) is 52.4 Å². The largest absolute Gasteiger partial charge is 0.790 e. The summed E-state index contributed by atoms with van der Waals surface area (Å²) in [7, 11) is -18.2. The fraction of sp³-hybridized carbons (Fsp3) is 0.500. The van der Waals surface area contributed by atoms with Crippen LogP contribution in [0.4, 0.5) is 11.6 Å². The third-order valence-corrected chi connectivity index (χ3v) is 11.3. The molecular formula is C20H36N13O16P3. The third kappa shape index (κ3) is 8.59. The molecule has 20 N–H and O–H groups in total. The van der Waals surface area contributed by atoms with E-state index >= 15 is 0 Å². The highest BCUT2D eigenvalue weighted by Crippen LogP contribution is 2.65. The maximum absolute atomic E-state index is 13.5. The van der Waals surface area contributed by atoms with E-state index in [2.05, 4.69) is 38.5 Å². The molecule has 0 saturated carbocycles. The molecule has 2 unspecified atom stereocenters. The van der Waals surface area contributed by atoms with Crippen molar-refractivity contribution in [1.29, 1.82) is 0 Å². The minimum atomic E-state index is -6.31. The fourth-order valence-electron chi connectivity index (χ4n) is 4.98. The molecule has 0 radical (unpaired) electrons. The predicted octanol–water partition coefficient (Wildman–Crippen LogP) is -3.33. The molecule has 6 heterocycles. The lowest BCUT2D eigenvalue weighted by Crippen LogP contribution is -2.34. The zero-order valence-corrected chi connectivity index (χ0v) is 29.8. The van der Waals surface area contributed by atoms with Crippen molar-refractivity contribution in [3.8, 4) is 0 Å². The number of aliphatic hydroxyl groups excluding tert-OH is 4. The first-order valence-corrected chi connectivity index (χ1v) is 17.9. The highest BCUT2D eigenvalue weighted by molar-refractivity contribution is 7.65. The van der Waals surface area contributed by atoms with Crippen LogP contribution in [-0.4, -0.2) is 109 Å². The Balaban J connectivity index is 0.00000243. The molecule has 10 atom stereocenters. The van der Waals surface area contributed by atoms with Crippen LogP contribution < -0.4 is 44.6 Å². The van der Waals surface area contributed by atoms with Crippen LogP contribution in [0.15, 0.2) is 25.3 Å². The lowest BCUT2D eigenvalue weighted by molar-refractivity contribution is -0.339. The van der Waals surface area contributed by atoms with Crippen LogP contribution in [0.1, 0.15) is 12.5 Å². The number of nitrogens with zero attached hydrogens (tertiary/aromatic N) is 8. The number of aliphatic hydroxyl groups is 4. The van der Waals surface area contributed by atoms with Crippen LogP contribution in [0.3, 0.4) is 0 Å². The number of hydrogen-bond donors (Lipinski definition) is 9. The Morgan fingerprint density at radius 3 is 1.46 bits per heavy atom. The van der Waals surface area contributed by atoms with Crippen LogP contribution in [0, 0.1) is 0 Å². The number of rotatable bonds is 12. The van der Waals surface area contributed by atoms with E-state index in [1.54, 1.807) is 0 Å². The van der Waals surface area contributed by atoms with Gasteiger partial charge in [-0.05, 0) is 0 Å². The average molecular weight is 808 g/mol. The normalized spacial score (nSPS) is 28.4. The Morgan fingerprint density at radius 2 is 1.08 bits per heavy atom. The molecule has 4 aromatic rings. The van der Waals surface area contributed by atoms with Gasteiger partial charge in [-0.1, -0.05) is 0 Å². The SMILES string of the molecule is Nc1ncnc2c1ncn2[C@@H]1O[C@H](COP(=O)(OC[C@@H]2O[C@H](n3cnc4c(N)ncnc43)[C@@H](O)[C@H]2O)OP(=O)([O-])OP(=O)([O-])[O-])[C@@H](O)[C@H]1O.[NH4+].[NH4+].[NH4+]. The van der Waals surface area contributed by atoms with Crippen molar-refractivity contribution in [2.75, 3.05) is 24.7 Å². The summed E-state index contributed by atoms with van der Waals surface area (Å²) in [6, 6.07) is 0. The third-order valence-electron chi connectivity index (χ3n) is 7.19. The lowest BCUT2D eigenvalue weighted by atomic mass is 10.1. The minimum absolute atomic E-state index is 0. The highest BCUT2D eigenvalue weighted by Gasteiger charge is 2.48. The molecule has 29 nitrogen and oxygen atoms in total. The summed E-state index contributed by atoms with van der Waals surface area (Å²) in [5.41, 5.74) is 12.0. The lowest BCUT2D eigenvalue weighted by Gasteiger charge is -2.36. The maximum atomic E-state index is 13.5. The molecule has 32 heteroatoms. The number of quaternary nitrogens is 3. The van der Waals surface area contributed by atoms with Crippen LogP contribution >= 0.6 is 23.5 Å². The van der Waals surface area contributed by atoms with Gasteiger partial charge in [0.1, 0.15) is 60.3 Å². The summed E-state index contributed by atoms with van der Waals surface area (Å²) in [4.78, 5) is 57.7. The Hall–Kier alpha value is -3.25. The number of nitrogens with two attached hydrogens (primary N) is 2. The van der Waals surface area contributed by atoms with Crippen LogP contribution in [0.5, 0.6) is 0 Å². The Bertz CT molecular complexity index is 1890. The van der Waals surface area contributed by atoms with E-state index in [0.717, 1.165) is 25.3 Å². The van der Waals surface area contributed by atoms with Gasteiger partial charge in [-0.2, -0.15) is 0 Å². The second-order valence-electron chi connectivity index (χ2n) is 10.4. The van der Waals surface area contributed by atoms with Gasteiger partial charge in [0, 0.05) is 0 Å². The number of fused-ring (bicyclic) bond motifs is 2. The van der Waals surface area contributed by atoms with E-state index < -0.39 is 85.8 Å². The van der Waals surface area contributed by atoms with Crippen molar-refractivity contribution in [2.45, 2.75) is 49.1 Å². The molecule has 4 aromatic heterocycles. The van der Waals surface area contributed by atoms with Crippen molar-refractivity contribution >= 4 is 57.4 Å². The van der Waals surface area contributed by atoms with E-state index in [1.165, 1.54) is 9.13 Å². The molecule has 2 saturated heterocycles. The van der Waals surface area contributed by atoms with Gasteiger partial charge in [0.25, 0.3) is 7.82 Å². The Kier molecular flexibility index (Phi) is 13.3. The number of aromatic nitrogens is 8. The fourth-order valence-corrected chi connectivity index (χ4v) is 8.44. The Labute approximate surface area is 290 Å². The smallest absolute Gasteiger partial charge is 0.481 e. The van der Waals surface area contributed by atoms with Crippen LogP contribution in [-0.2, 0) is 40.8 Å². The van der Waals surface area contributed by atoms with E-state index in [9.17, 15) is 48.8 Å². The molecule has 0 aromatic carbocycles. The molecule has 0 spiro atoms. The van der Waals surface area contributed by atoms with Crippen LogP contribution in [0.25, 0.3) is 22.3 Å². The zero-order chi connectivity index (χ0) is 35.5. The topological polar surface area (TPSA) is 505 Å². The summed E-state index contributed by atoms with van der Waals surface area (Å²) in [5.74, 6) is -0.0202. The zero-order valence-electron chi connectivity index (χ0n) is 27.1. The summed E-state index contributed by atoms with van der Waals surface area (Å²) in [6.07, 6.45) is -8.59. The van der Waals surface area contributed by atoms with Crippen molar-refractivity contribution in [1.82, 2.24) is 57.5 Å². The van der Waals surface area contributed by atoms with Crippen molar-refractivity contribution in [3.63, 3.8) is 0 Å². The summed E-state index contributed by atoms with van der Waals surface area (Å²) < 4.78 is 67.8. The number of phosphoric ester groups is 1. The molecule has 292 valence electrons. The van der Waals surface area contributed by atoms with Gasteiger partial charge in [-0.25, -0.2) is 38.8 Å². The van der Waals surface area contributed by atoms with Gasteiger partial charge >= 0.3 is 7.82 Å². The first-order chi connectivity index (χ1) is 23.0. The molecule has 52 heavy (non-hydrogen) atoms. The van der Waals surface area contributed by atoms with Gasteiger partial charge < -0.3 is 79.1 Å². The number of imidazole rings is 2. The van der Waals surface area contributed by atoms with E-state index in [0.29, 0.717) is 0 Å². The highest BCUT2D eigenvalue weighted by atomic mass is 31.3. The van der Waals surface area contributed by atoms with Crippen molar-refractivity contribution in [2.24, 2.45) is 0 Å². The van der Waals surface area contributed by atoms with E-state index in [4.69, 9.17) is 30.0 Å². The summed E-state index contributed by atoms with van der Waals surface area (Å²) in [6.45, 7) is -2.16. The predicted molar refractivity (Wildman–Crippen MR) is 166 cm³/mol. The molecule has 0 aliphatic carbocycles. The number of anilines is 2. The van der Waals surface area contributed by atoms with Crippen molar-refractivity contribution in [3.05, 3.63) is 25.3 Å². The molecule has 0 bridgehead atoms. The molecular weight excluding hydrogens is 771 g/mol. The molecule has 6 rings (SSSR count). The molecule has 2 aliphatic heterocycles. The molecule has 2 aliphatic rings. The van der Waals surface area contributed by atoms with Gasteiger partial charge in [-0.3, -0.25) is 27.1 Å². The number of phosphoric acid groups is 3. The summed E-state index contributed by atoms with van der Waals surface area (Å²) >= 11 is 0. The first-order valence-electron chi connectivity index (χ1n) is 13.5. The summed E-state index contributed by atoms with van der Waals surface area (Å²) in [5, 5.41) is 42.6. The van der Waals surface area contributed by atoms with Gasteiger partial charge in [0.2, 0.25) is 0 Å². The quantitative estimate of drug-likeness (QED) is 0.0632. The first kappa shape index (κ1) is 43.2. The van der Waals surface area contributed by atoms with E-state index in [1.807, 2.05) is 0 Å². The molecule has 0 amide bonds.